The summed E-state index contributed by atoms with van der Waals surface area (Å²) in [6.07, 6.45) is 1.94. The van der Waals surface area contributed by atoms with E-state index in [1.165, 1.54) is 0 Å². The van der Waals surface area contributed by atoms with Gasteiger partial charge in [-0.25, -0.2) is 0 Å². The zero-order valence-electron chi connectivity index (χ0n) is 7.97. The summed E-state index contributed by atoms with van der Waals surface area (Å²) in [6, 6.07) is 0. The minimum Gasteiger partial charge on any atom is -0.379 e. The molecule has 0 aromatic heterocycles. The highest BCUT2D eigenvalue weighted by Gasteiger charge is 2.37. The molecule has 1 saturated heterocycles. The van der Waals surface area contributed by atoms with E-state index >= 15 is 0 Å². The van der Waals surface area contributed by atoms with Gasteiger partial charge in [-0.3, -0.25) is 0 Å². The van der Waals surface area contributed by atoms with Crippen molar-refractivity contribution >= 4 is 11.6 Å². The summed E-state index contributed by atoms with van der Waals surface area (Å²) in [6.45, 7) is 4.84. The van der Waals surface area contributed by atoms with E-state index in [2.05, 4.69) is 6.92 Å². The molecule has 0 aliphatic carbocycles. The van der Waals surface area contributed by atoms with Crippen molar-refractivity contribution in [2.45, 2.75) is 43.8 Å². The number of hydrogen-bond donors (Lipinski definition) is 0. The second-order valence-electron chi connectivity index (χ2n) is 3.63. The third kappa shape index (κ3) is 2.12. The van der Waals surface area contributed by atoms with Gasteiger partial charge >= 0.3 is 0 Å². The molecule has 2 nitrogen and oxygen atoms in total. The molecule has 12 heavy (non-hydrogen) atoms. The fourth-order valence-corrected chi connectivity index (χ4v) is 1.95. The summed E-state index contributed by atoms with van der Waals surface area (Å²) in [7, 11) is 1.71. The smallest absolute Gasteiger partial charge is 0.0926 e. The molecule has 1 heterocycles. The Morgan fingerprint density at radius 1 is 1.67 bits per heavy atom. The van der Waals surface area contributed by atoms with Gasteiger partial charge in [0.1, 0.15) is 0 Å². The number of hydrogen-bond acceptors (Lipinski definition) is 2. The first-order valence-corrected chi connectivity index (χ1v) is 4.83. The van der Waals surface area contributed by atoms with Gasteiger partial charge in [0.25, 0.3) is 0 Å². The Morgan fingerprint density at radius 3 is 2.83 bits per heavy atom. The van der Waals surface area contributed by atoms with Crippen LogP contribution in [0.4, 0.5) is 0 Å². The summed E-state index contributed by atoms with van der Waals surface area (Å²) in [5.41, 5.74) is -0.195. The molecule has 0 saturated carbocycles. The van der Waals surface area contributed by atoms with Gasteiger partial charge in [-0.05, 0) is 26.7 Å². The SMILES string of the molecule is COC(C)C1(C)CC(Cl)CCO1. The molecule has 0 aromatic carbocycles. The van der Waals surface area contributed by atoms with Crippen LogP contribution in [0.3, 0.4) is 0 Å². The van der Waals surface area contributed by atoms with Crippen molar-refractivity contribution in [3.63, 3.8) is 0 Å². The standard InChI is InChI=1S/C9H17ClO2/c1-7(11-3)9(2)6-8(10)4-5-12-9/h7-8H,4-6H2,1-3H3. The topological polar surface area (TPSA) is 18.5 Å². The summed E-state index contributed by atoms with van der Waals surface area (Å²) < 4.78 is 10.9. The van der Waals surface area contributed by atoms with Crippen LogP contribution in [-0.2, 0) is 9.47 Å². The second kappa shape index (κ2) is 3.95. The molecule has 0 bridgehead atoms. The molecule has 72 valence electrons. The molecular weight excluding hydrogens is 176 g/mol. The van der Waals surface area contributed by atoms with E-state index in [1.54, 1.807) is 7.11 Å². The lowest BCUT2D eigenvalue weighted by Crippen LogP contribution is -2.46. The van der Waals surface area contributed by atoms with Gasteiger partial charge < -0.3 is 9.47 Å². The molecule has 0 amide bonds. The second-order valence-corrected chi connectivity index (χ2v) is 4.25. The molecule has 0 spiro atoms. The number of ether oxygens (including phenoxy) is 2. The van der Waals surface area contributed by atoms with Gasteiger partial charge in [-0.2, -0.15) is 0 Å². The van der Waals surface area contributed by atoms with Crippen molar-refractivity contribution < 1.29 is 9.47 Å². The van der Waals surface area contributed by atoms with Gasteiger partial charge in [0.15, 0.2) is 0 Å². The van der Waals surface area contributed by atoms with E-state index in [4.69, 9.17) is 21.1 Å². The Morgan fingerprint density at radius 2 is 2.33 bits per heavy atom. The van der Waals surface area contributed by atoms with E-state index in [0.29, 0.717) is 0 Å². The minimum absolute atomic E-state index is 0.110. The molecule has 1 aliphatic rings. The van der Waals surface area contributed by atoms with E-state index in [9.17, 15) is 0 Å². The van der Waals surface area contributed by atoms with Crippen LogP contribution in [0, 0.1) is 0 Å². The predicted octanol–water partition coefficient (Wildman–Crippen LogP) is 2.20. The highest BCUT2D eigenvalue weighted by molar-refractivity contribution is 6.20. The molecule has 0 N–H and O–H groups in total. The third-order valence-corrected chi connectivity index (χ3v) is 3.08. The predicted molar refractivity (Wildman–Crippen MR) is 49.7 cm³/mol. The van der Waals surface area contributed by atoms with E-state index in [0.717, 1.165) is 19.4 Å². The maximum Gasteiger partial charge on any atom is 0.0926 e. The zero-order chi connectivity index (χ0) is 9.19. The molecule has 3 heteroatoms. The Hall–Kier alpha value is 0.210. The van der Waals surface area contributed by atoms with Crippen LogP contribution in [0.5, 0.6) is 0 Å². The summed E-state index contributed by atoms with van der Waals surface area (Å²) in [4.78, 5) is 0. The van der Waals surface area contributed by atoms with Gasteiger partial charge in [-0.15, -0.1) is 11.6 Å². The molecule has 0 aromatic rings. The number of halogens is 1. The van der Waals surface area contributed by atoms with Gasteiger partial charge in [-0.1, -0.05) is 0 Å². The number of alkyl halides is 1. The first-order valence-electron chi connectivity index (χ1n) is 4.39. The van der Waals surface area contributed by atoms with Crippen molar-refractivity contribution in [1.82, 2.24) is 0 Å². The normalized spacial score (nSPS) is 39.5. The fourth-order valence-electron chi connectivity index (χ4n) is 1.55. The highest BCUT2D eigenvalue weighted by Crippen LogP contribution is 2.31. The summed E-state index contributed by atoms with van der Waals surface area (Å²) in [5.74, 6) is 0. The van der Waals surface area contributed by atoms with Crippen LogP contribution in [-0.4, -0.2) is 30.8 Å². The zero-order valence-corrected chi connectivity index (χ0v) is 8.73. The van der Waals surface area contributed by atoms with Crippen LogP contribution in [0.15, 0.2) is 0 Å². The van der Waals surface area contributed by atoms with Crippen molar-refractivity contribution in [3.05, 3.63) is 0 Å². The van der Waals surface area contributed by atoms with E-state index < -0.39 is 0 Å². The monoisotopic (exact) mass is 192 g/mol. The third-order valence-electron chi connectivity index (χ3n) is 2.70. The van der Waals surface area contributed by atoms with Crippen LogP contribution in [0.1, 0.15) is 26.7 Å². The Balaban J connectivity index is 2.56. The van der Waals surface area contributed by atoms with Gasteiger partial charge in [0.05, 0.1) is 11.7 Å². The van der Waals surface area contributed by atoms with Crippen LogP contribution in [0.25, 0.3) is 0 Å². The van der Waals surface area contributed by atoms with Crippen LogP contribution in [0.2, 0.25) is 0 Å². The van der Waals surface area contributed by atoms with Crippen LogP contribution >= 0.6 is 11.6 Å². The Bertz CT molecular complexity index is 151. The first-order chi connectivity index (χ1) is 5.58. The largest absolute Gasteiger partial charge is 0.379 e. The molecule has 1 aliphatic heterocycles. The molecule has 1 rings (SSSR count). The fraction of sp³-hybridized carbons (Fsp3) is 1.00. The number of rotatable bonds is 2. The first kappa shape index (κ1) is 10.3. The Kier molecular flexibility index (Phi) is 3.38. The molecule has 3 atom stereocenters. The lowest BCUT2D eigenvalue weighted by atomic mass is 9.91. The van der Waals surface area contributed by atoms with Gasteiger partial charge in [0.2, 0.25) is 0 Å². The summed E-state index contributed by atoms with van der Waals surface area (Å²) in [5, 5.41) is 0.237. The van der Waals surface area contributed by atoms with Crippen molar-refractivity contribution in [3.8, 4) is 0 Å². The molecular formula is C9H17ClO2. The molecule has 0 radical (unpaired) electrons. The lowest BCUT2D eigenvalue weighted by molar-refractivity contribution is -0.139. The average Bonchev–Trinajstić information content (AvgIpc) is 2.02. The van der Waals surface area contributed by atoms with E-state index in [-0.39, 0.29) is 17.1 Å². The molecule has 1 fully saturated rings. The average molecular weight is 193 g/mol. The quantitative estimate of drug-likeness (QED) is 0.625. The number of methoxy groups -OCH3 is 1. The summed E-state index contributed by atoms with van der Waals surface area (Å²) >= 11 is 6.07. The van der Waals surface area contributed by atoms with Gasteiger partial charge in [0, 0.05) is 19.1 Å². The lowest BCUT2D eigenvalue weighted by Gasteiger charge is -2.39. The highest BCUT2D eigenvalue weighted by atomic mass is 35.5. The van der Waals surface area contributed by atoms with E-state index in [1.807, 2.05) is 6.92 Å². The Labute approximate surface area is 79.2 Å². The molecule has 3 unspecified atom stereocenters. The van der Waals surface area contributed by atoms with Crippen LogP contribution < -0.4 is 0 Å². The van der Waals surface area contributed by atoms with Crippen molar-refractivity contribution in [2.75, 3.05) is 13.7 Å². The maximum absolute atomic E-state index is 6.07. The van der Waals surface area contributed by atoms with Crippen molar-refractivity contribution in [2.24, 2.45) is 0 Å². The minimum atomic E-state index is -0.195. The maximum atomic E-state index is 6.07. The van der Waals surface area contributed by atoms with Crippen molar-refractivity contribution in [1.29, 1.82) is 0 Å².